The lowest BCUT2D eigenvalue weighted by Crippen LogP contribution is -1.94. The maximum atomic E-state index is 12.2. The Morgan fingerprint density at radius 2 is 1.96 bits per heavy atom. The topological polar surface area (TPSA) is 66.0 Å². The molecule has 0 atom stereocenters. The van der Waals surface area contributed by atoms with Gasteiger partial charge in [0.25, 0.3) is 0 Å². The van der Waals surface area contributed by atoms with Crippen LogP contribution in [0.15, 0.2) is 54.6 Å². The van der Waals surface area contributed by atoms with Gasteiger partial charge in [0.05, 0.1) is 18.0 Å². The lowest BCUT2D eigenvalue weighted by Gasteiger charge is -2.00. The number of aromatic nitrogens is 2. The molecule has 2 aromatic carbocycles. The van der Waals surface area contributed by atoms with Crippen LogP contribution >= 0.6 is 11.6 Å². The fraction of sp³-hybridized carbons (Fsp3) is 0.100. The molecule has 126 valence electrons. The summed E-state index contributed by atoms with van der Waals surface area (Å²) in [5.74, 6) is -0.0942. The van der Waals surface area contributed by atoms with Gasteiger partial charge in [-0.1, -0.05) is 35.9 Å². The minimum absolute atomic E-state index is 0.0150. The summed E-state index contributed by atoms with van der Waals surface area (Å²) >= 11 is 5.98. The second-order valence-corrected chi connectivity index (χ2v) is 6.13. The van der Waals surface area contributed by atoms with Gasteiger partial charge in [0.2, 0.25) is 0 Å². The Morgan fingerprint density at radius 3 is 2.64 bits per heavy atom. The maximum Gasteiger partial charge on any atom is 0.185 e. The van der Waals surface area contributed by atoms with E-state index in [1.807, 2.05) is 37.3 Å². The highest BCUT2D eigenvalue weighted by molar-refractivity contribution is 6.31. The van der Waals surface area contributed by atoms with E-state index in [-0.39, 0.29) is 12.4 Å². The molecule has 0 bridgehead atoms. The van der Waals surface area contributed by atoms with Gasteiger partial charge >= 0.3 is 0 Å². The number of nitrogens with zero attached hydrogens (tertiary/aromatic N) is 1. The van der Waals surface area contributed by atoms with Gasteiger partial charge in [-0.05, 0) is 54.5 Å². The van der Waals surface area contributed by atoms with Crippen molar-refractivity contribution in [1.29, 1.82) is 0 Å². The number of allylic oxidation sites excluding steroid dienone is 1. The number of aliphatic hydroxyl groups excluding tert-OH is 1. The van der Waals surface area contributed by atoms with Crippen molar-refractivity contribution >= 4 is 23.5 Å². The molecule has 25 heavy (non-hydrogen) atoms. The molecule has 0 aliphatic heterocycles. The summed E-state index contributed by atoms with van der Waals surface area (Å²) < 4.78 is 0. The quantitative estimate of drug-likeness (QED) is 0.527. The number of benzene rings is 2. The maximum absolute atomic E-state index is 12.2. The average Bonchev–Trinajstić information content (AvgIpc) is 3.11. The monoisotopic (exact) mass is 352 g/mol. The highest BCUT2D eigenvalue weighted by Gasteiger charge is 2.06. The van der Waals surface area contributed by atoms with E-state index in [1.165, 1.54) is 6.08 Å². The van der Waals surface area contributed by atoms with Gasteiger partial charge in [0, 0.05) is 16.1 Å². The summed E-state index contributed by atoms with van der Waals surface area (Å²) in [6.45, 7) is 1.88. The number of carbonyl (C=O) groups excluding carboxylic acids is 1. The third-order valence-electron chi connectivity index (χ3n) is 3.89. The van der Waals surface area contributed by atoms with Gasteiger partial charge in [0.15, 0.2) is 5.78 Å². The molecular weight excluding hydrogens is 336 g/mol. The highest BCUT2D eigenvalue weighted by Crippen LogP contribution is 2.20. The smallest absolute Gasteiger partial charge is 0.185 e. The first-order chi connectivity index (χ1) is 12.1. The molecule has 3 rings (SSSR count). The Morgan fingerprint density at radius 1 is 1.20 bits per heavy atom. The molecule has 0 saturated carbocycles. The van der Waals surface area contributed by atoms with E-state index in [4.69, 9.17) is 16.7 Å². The zero-order valence-electron chi connectivity index (χ0n) is 13.7. The van der Waals surface area contributed by atoms with Gasteiger partial charge in [-0.15, -0.1) is 0 Å². The van der Waals surface area contributed by atoms with E-state index in [0.717, 1.165) is 28.1 Å². The van der Waals surface area contributed by atoms with Crippen molar-refractivity contribution in [2.75, 3.05) is 0 Å². The van der Waals surface area contributed by atoms with E-state index in [0.29, 0.717) is 10.6 Å². The first-order valence-corrected chi connectivity index (χ1v) is 8.19. The van der Waals surface area contributed by atoms with Crippen LogP contribution in [0.3, 0.4) is 0 Å². The Hall–Kier alpha value is -2.69. The van der Waals surface area contributed by atoms with Crippen molar-refractivity contribution in [3.63, 3.8) is 0 Å². The molecule has 0 fully saturated rings. The second kappa shape index (κ2) is 7.47. The van der Waals surface area contributed by atoms with Crippen molar-refractivity contribution in [3.8, 4) is 11.3 Å². The average molecular weight is 353 g/mol. The number of ketones is 1. The van der Waals surface area contributed by atoms with E-state index < -0.39 is 0 Å². The Labute approximate surface area is 150 Å². The van der Waals surface area contributed by atoms with Gasteiger partial charge in [-0.3, -0.25) is 9.89 Å². The standard InChI is InChI=1S/C20H17ClN2O2/c1-13-10-16(6-8-18(13)21)20(25)9-7-17-11-19(23-22-17)15-4-2-14(12-24)3-5-15/h2-11,24H,12H2,1H3,(H,22,23)/b9-7+. The van der Waals surface area contributed by atoms with Crippen LogP contribution in [-0.4, -0.2) is 21.1 Å². The number of halogens is 1. The second-order valence-electron chi connectivity index (χ2n) is 5.73. The largest absolute Gasteiger partial charge is 0.392 e. The van der Waals surface area contributed by atoms with Crippen LogP contribution in [0.1, 0.15) is 27.2 Å². The predicted molar refractivity (Wildman–Crippen MR) is 99.5 cm³/mol. The lowest BCUT2D eigenvalue weighted by atomic mass is 10.1. The van der Waals surface area contributed by atoms with Crippen molar-refractivity contribution < 1.29 is 9.90 Å². The fourth-order valence-corrected chi connectivity index (χ4v) is 2.53. The number of aromatic amines is 1. The molecule has 0 unspecified atom stereocenters. The molecule has 0 aliphatic carbocycles. The SMILES string of the molecule is Cc1cc(C(=O)/C=C/c2cc(-c3ccc(CO)cc3)n[nH]2)ccc1Cl. The van der Waals surface area contributed by atoms with E-state index in [2.05, 4.69) is 10.2 Å². The Kier molecular flexibility index (Phi) is 5.12. The number of hydrogen-bond donors (Lipinski definition) is 2. The summed E-state index contributed by atoms with van der Waals surface area (Å²) in [5.41, 5.74) is 4.77. The number of aryl methyl sites for hydroxylation is 1. The van der Waals surface area contributed by atoms with Crippen LogP contribution in [0, 0.1) is 6.92 Å². The zero-order valence-corrected chi connectivity index (χ0v) is 14.4. The molecule has 0 spiro atoms. The molecule has 2 N–H and O–H groups in total. The molecule has 0 amide bonds. The summed E-state index contributed by atoms with van der Waals surface area (Å²) in [4.78, 5) is 12.2. The predicted octanol–water partition coefficient (Wildman–Crippen LogP) is 4.43. The molecule has 1 aromatic heterocycles. The van der Waals surface area contributed by atoms with Crippen LogP contribution in [-0.2, 0) is 6.61 Å². The van der Waals surface area contributed by atoms with Gasteiger partial charge < -0.3 is 5.11 Å². The number of nitrogens with one attached hydrogen (secondary N) is 1. The van der Waals surface area contributed by atoms with Crippen LogP contribution in [0.4, 0.5) is 0 Å². The zero-order chi connectivity index (χ0) is 17.8. The molecule has 0 aliphatic rings. The highest BCUT2D eigenvalue weighted by atomic mass is 35.5. The van der Waals surface area contributed by atoms with Crippen LogP contribution < -0.4 is 0 Å². The number of rotatable bonds is 5. The van der Waals surface area contributed by atoms with E-state index in [1.54, 1.807) is 24.3 Å². The van der Waals surface area contributed by atoms with Crippen LogP contribution in [0.2, 0.25) is 5.02 Å². The molecule has 3 aromatic rings. The number of hydrogen-bond acceptors (Lipinski definition) is 3. The molecule has 1 heterocycles. The first-order valence-electron chi connectivity index (χ1n) is 7.81. The van der Waals surface area contributed by atoms with Crippen LogP contribution in [0.5, 0.6) is 0 Å². The van der Waals surface area contributed by atoms with Gasteiger partial charge in [-0.25, -0.2) is 0 Å². The van der Waals surface area contributed by atoms with Crippen molar-refractivity contribution in [3.05, 3.63) is 82.0 Å². The van der Waals surface area contributed by atoms with Gasteiger partial charge in [-0.2, -0.15) is 5.10 Å². The Bertz CT molecular complexity index is 927. The minimum Gasteiger partial charge on any atom is -0.392 e. The van der Waals surface area contributed by atoms with Crippen molar-refractivity contribution in [1.82, 2.24) is 10.2 Å². The summed E-state index contributed by atoms with van der Waals surface area (Å²) in [6, 6.07) is 14.6. The van der Waals surface area contributed by atoms with Crippen molar-refractivity contribution in [2.24, 2.45) is 0 Å². The van der Waals surface area contributed by atoms with Crippen LogP contribution in [0.25, 0.3) is 17.3 Å². The molecule has 0 radical (unpaired) electrons. The molecule has 0 saturated heterocycles. The molecule has 4 nitrogen and oxygen atoms in total. The normalized spacial score (nSPS) is 11.2. The third kappa shape index (κ3) is 4.05. The molecular formula is C20H17ClN2O2. The first kappa shape index (κ1) is 17.1. The van der Waals surface area contributed by atoms with Gasteiger partial charge in [0.1, 0.15) is 0 Å². The summed E-state index contributed by atoms with van der Waals surface area (Å²) in [6.07, 6.45) is 3.21. The number of H-pyrrole nitrogens is 1. The van der Waals surface area contributed by atoms with E-state index >= 15 is 0 Å². The number of carbonyl (C=O) groups is 1. The van der Waals surface area contributed by atoms with E-state index in [9.17, 15) is 4.79 Å². The summed E-state index contributed by atoms with van der Waals surface area (Å²) in [5, 5.41) is 16.9. The minimum atomic E-state index is -0.0942. The van der Waals surface area contributed by atoms with Crippen molar-refractivity contribution in [2.45, 2.75) is 13.5 Å². The third-order valence-corrected chi connectivity index (χ3v) is 4.31. The summed E-state index contributed by atoms with van der Waals surface area (Å²) in [7, 11) is 0. The number of aliphatic hydroxyl groups is 1. The molecule has 5 heteroatoms. The lowest BCUT2D eigenvalue weighted by molar-refractivity contribution is 0.104. The Balaban J connectivity index is 1.74. The fourth-order valence-electron chi connectivity index (χ4n) is 2.41.